The van der Waals surface area contributed by atoms with Gasteiger partial charge in [-0.3, -0.25) is 4.79 Å². The highest BCUT2D eigenvalue weighted by Crippen LogP contribution is 2.18. The largest absolute Gasteiger partial charge is 0.494 e. The van der Waals surface area contributed by atoms with Crippen molar-refractivity contribution in [1.29, 1.82) is 0 Å². The first-order chi connectivity index (χ1) is 12.2. The smallest absolute Gasteiger partial charge is 0.248 e. The number of carbonyl (C=O) groups is 1. The Labute approximate surface area is 150 Å². The Bertz CT molecular complexity index is 687. The summed E-state index contributed by atoms with van der Waals surface area (Å²) in [7, 11) is 0. The third-order valence-electron chi connectivity index (χ3n) is 3.88. The standard InChI is InChI=1S/C21H26N2O2/c1-4-23(5-2)19-12-10-18(11-13-19)22-21(24)16-9-17-7-14-20(15-8-17)25-6-3/h7-16H,4-6H2,1-3H3,(H,22,24)/b16-9+. The second kappa shape index (κ2) is 9.52. The molecule has 2 rings (SSSR count). The Morgan fingerprint density at radius 1 is 1.00 bits per heavy atom. The molecule has 0 spiro atoms. The van der Waals surface area contributed by atoms with E-state index in [9.17, 15) is 4.79 Å². The van der Waals surface area contributed by atoms with Gasteiger partial charge in [-0.25, -0.2) is 0 Å². The molecule has 4 nitrogen and oxygen atoms in total. The summed E-state index contributed by atoms with van der Waals surface area (Å²) in [5.74, 6) is 0.682. The molecule has 0 bridgehead atoms. The van der Waals surface area contributed by atoms with Crippen LogP contribution in [-0.4, -0.2) is 25.6 Å². The van der Waals surface area contributed by atoms with Gasteiger partial charge >= 0.3 is 0 Å². The van der Waals surface area contributed by atoms with E-state index in [1.54, 1.807) is 6.08 Å². The van der Waals surface area contributed by atoms with Crippen LogP contribution < -0.4 is 15.0 Å². The van der Waals surface area contributed by atoms with Crippen LogP contribution in [0.15, 0.2) is 54.6 Å². The van der Waals surface area contributed by atoms with Gasteiger partial charge in [0.2, 0.25) is 5.91 Å². The van der Waals surface area contributed by atoms with Crippen molar-refractivity contribution >= 4 is 23.4 Å². The van der Waals surface area contributed by atoms with Gasteiger partial charge in [0.1, 0.15) is 5.75 Å². The third kappa shape index (κ3) is 5.68. The number of carbonyl (C=O) groups excluding carboxylic acids is 1. The summed E-state index contributed by atoms with van der Waals surface area (Å²) in [6.45, 7) is 8.78. The van der Waals surface area contributed by atoms with Gasteiger partial charge in [-0.1, -0.05) is 12.1 Å². The maximum atomic E-state index is 12.1. The Kier molecular flexibility index (Phi) is 7.08. The highest BCUT2D eigenvalue weighted by molar-refractivity contribution is 6.02. The van der Waals surface area contributed by atoms with E-state index in [0.717, 1.165) is 35.8 Å². The first-order valence-electron chi connectivity index (χ1n) is 8.73. The molecule has 2 aromatic carbocycles. The van der Waals surface area contributed by atoms with Crippen molar-refractivity contribution in [2.24, 2.45) is 0 Å². The van der Waals surface area contributed by atoms with Crippen molar-refractivity contribution in [2.75, 3.05) is 29.9 Å². The van der Waals surface area contributed by atoms with Crippen LogP contribution in [0.5, 0.6) is 5.75 Å². The van der Waals surface area contributed by atoms with Crippen molar-refractivity contribution in [2.45, 2.75) is 20.8 Å². The lowest BCUT2D eigenvalue weighted by atomic mass is 10.2. The van der Waals surface area contributed by atoms with E-state index < -0.39 is 0 Å². The van der Waals surface area contributed by atoms with E-state index in [1.165, 1.54) is 6.08 Å². The molecule has 132 valence electrons. The van der Waals surface area contributed by atoms with E-state index >= 15 is 0 Å². The molecule has 0 heterocycles. The number of hydrogen-bond donors (Lipinski definition) is 1. The van der Waals surface area contributed by atoms with Crippen molar-refractivity contribution in [3.8, 4) is 5.75 Å². The summed E-state index contributed by atoms with van der Waals surface area (Å²) >= 11 is 0. The number of hydrogen-bond acceptors (Lipinski definition) is 3. The molecule has 1 amide bonds. The summed E-state index contributed by atoms with van der Waals surface area (Å²) in [5.41, 5.74) is 2.90. The lowest BCUT2D eigenvalue weighted by Crippen LogP contribution is -2.21. The quantitative estimate of drug-likeness (QED) is 0.716. The van der Waals surface area contributed by atoms with Gasteiger partial charge in [-0.15, -0.1) is 0 Å². The van der Waals surface area contributed by atoms with Gasteiger partial charge in [0.15, 0.2) is 0 Å². The average molecular weight is 338 g/mol. The molecule has 25 heavy (non-hydrogen) atoms. The number of amides is 1. The topological polar surface area (TPSA) is 41.6 Å². The van der Waals surface area contributed by atoms with E-state index in [4.69, 9.17) is 4.74 Å². The number of rotatable bonds is 8. The van der Waals surface area contributed by atoms with E-state index in [-0.39, 0.29) is 5.91 Å². The molecular formula is C21H26N2O2. The Balaban J connectivity index is 1.93. The van der Waals surface area contributed by atoms with Gasteiger partial charge < -0.3 is 15.0 Å². The van der Waals surface area contributed by atoms with E-state index in [0.29, 0.717) is 6.61 Å². The number of anilines is 2. The molecule has 1 N–H and O–H groups in total. The molecule has 0 saturated carbocycles. The predicted octanol–water partition coefficient (Wildman–Crippen LogP) is 4.58. The van der Waals surface area contributed by atoms with E-state index in [1.807, 2.05) is 55.5 Å². The number of ether oxygens (including phenoxy) is 1. The van der Waals surface area contributed by atoms with Crippen LogP contribution >= 0.6 is 0 Å². The zero-order valence-corrected chi connectivity index (χ0v) is 15.2. The maximum absolute atomic E-state index is 12.1. The minimum atomic E-state index is -0.149. The second-order valence-corrected chi connectivity index (χ2v) is 5.54. The molecule has 2 aromatic rings. The minimum absolute atomic E-state index is 0.149. The molecule has 4 heteroatoms. The zero-order chi connectivity index (χ0) is 18.1. The van der Waals surface area contributed by atoms with E-state index in [2.05, 4.69) is 24.1 Å². The average Bonchev–Trinajstić information content (AvgIpc) is 2.64. The summed E-state index contributed by atoms with van der Waals surface area (Å²) in [5, 5.41) is 2.88. The number of nitrogens with zero attached hydrogens (tertiary/aromatic N) is 1. The van der Waals surface area contributed by atoms with Crippen molar-refractivity contribution in [3.05, 3.63) is 60.2 Å². The number of benzene rings is 2. The molecule has 0 radical (unpaired) electrons. The molecule has 0 saturated heterocycles. The lowest BCUT2D eigenvalue weighted by Gasteiger charge is -2.21. The van der Waals surface area contributed by atoms with Crippen LogP contribution in [0.4, 0.5) is 11.4 Å². The molecular weight excluding hydrogens is 312 g/mol. The normalized spacial score (nSPS) is 10.7. The molecule has 0 aliphatic carbocycles. The molecule has 0 atom stereocenters. The van der Waals surface area contributed by atoms with Crippen LogP contribution in [0.2, 0.25) is 0 Å². The molecule has 0 fully saturated rings. The summed E-state index contributed by atoms with van der Waals surface area (Å²) in [6.07, 6.45) is 3.32. The molecule has 0 aliphatic heterocycles. The van der Waals surface area contributed by atoms with Crippen molar-refractivity contribution < 1.29 is 9.53 Å². The Morgan fingerprint density at radius 3 is 2.20 bits per heavy atom. The lowest BCUT2D eigenvalue weighted by molar-refractivity contribution is -0.111. The molecule has 0 aromatic heterocycles. The monoisotopic (exact) mass is 338 g/mol. The molecule has 0 aliphatic rings. The highest BCUT2D eigenvalue weighted by Gasteiger charge is 2.02. The maximum Gasteiger partial charge on any atom is 0.248 e. The van der Waals surface area contributed by atoms with Crippen LogP contribution in [0, 0.1) is 0 Å². The van der Waals surface area contributed by atoms with Gasteiger partial charge in [0.25, 0.3) is 0 Å². The van der Waals surface area contributed by atoms with Gasteiger partial charge in [0, 0.05) is 30.5 Å². The first-order valence-corrected chi connectivity index (χ1v) is 8.73. The minimum Gasteiger partial charge on any atom is -0.494 e. The van der Waals surface area contributed by atoms with Crippen LogP contribution in [0.1, 0.15) is 26.3 Å². The fraction of sp³-hybridized carbons (Fsp3) is 0.286. The van der Waals surface area contributed by atoms with Gasteiger partial charge in [-0.2, -0.15) is 0 Å². The van der Waals surface area contributed by atoms with Crippen molar-refractivity contribution in [3.63, 3.8) is 0 Å². The first kappa shape index (κ1) is 18.6. The second-order valence-electron chi connectivity index (χ2n) is 5.54. The highest BCUT2D eigenvalue weighted by atomic mass is 16.5. The molecule has 0 unspecified atom stereocenters. The Hall–Kier alpha value is -2.75. The van der Waals surface area contributed by atoms with Gasteiger partial charge in [-0.05, 0) is 68.8 Å². The van der Waals surface area contributed by atoms with Gasteiger partial charge in [0.05, 0.1) is 6.61 Å². The SMILES string of the molecule is CCOc1ccc(/C=C/C(=O)Nc2ccc(N(CC)CC)cc2)cc1. The summed E-state index contributed by atoms with van der Waals surface area (Å²) < 4.78 is 5.40. The van der Waals surface area contributed by atoms with Crippen LogP contribution in [-0.2, 0) is 4.79 Å². The predicted molar refractivity (Wildman–Crippen MR) is 105 cm³/mol. The fourth-order valence-electron chi connectivity index (χ4n) is 2.54. The Morgan fingerprint density at radius 2 is 1.64 bits per heavy atom. The summed E-state index contributed by atoms with van der Waals surface area (Å²) in [4.78, 5) is 14.3. The van der Waals surface area contributed by atoms with Crippen LogP contribution in [0.3, 0.4) is 0 Å². The summed E-state index contributed by atoms with van der Waals surface area (Å²) in [6, 6.07) is 15.5. The zero-order valence-electron chi connectivity index (χ0n) is 15.2. The number of nitrogens with one attached hydrogen (secondary N) is 1. The van der Waals surface area contributed by atoms with Crippen molar-refractivity contribution in [1.82, 2.24) is 0 Å². The fourth-order valence-corrected chi connectivity index (χ4v) is 2.54. The third-order valence-corrected chi connectivity index (χ3v) is 3.88. The van der Waals surface area contributed by atoms with Crippen LogP contribution in [0.25, 0.3) is 6.08 Å².